The van der Waals surface area contributed by atoms with Crippen molar-refractivity contribution in [1.29, 1.82) is 0 Å². The van der Waals surface area contributed by atoms with Crippen LogP contribution in [0, 0.1) is 30.6 Å². The first-order chi connectivity index (χ1) is 5.46. The minimum atomic E-state index is -4.64. The van der Waals surface area contributed by atoms with Crippen LogP contribution in [0.4, 0.5) is 0 Å². The molecule has 0 aliphatic carbocycles. The first-order valence-corrected chi connectivity index (χ1v) is 3.44. The Labute approximate surface area is 167 Å². The fourth-order valence-corrected chi connectivity index (χ4v) is 0. The molecule has 0 aromatic carbocycles. The van der Waals surface area contributed by atoms with E-state index in [2.05, 4.69) is 0 Å². The van der Waals surface area contributed by atoms with Crippen LogP contribution >= 0.6 is 7.82 Å². The summed E-state index contributed by atoms with van der Waals surface area (Å²) in [5.41, 5.74) is 0. The summed E-state index contributed by atoms with van der Waals surface area (Å²) in [6, 6.07) is 0. The van der Waals surface area contributed by atoms with E-state index in [0.29, 0.717) is 0 Å². The maximum atomic E-state index is 8.88. The van der Waals surface area contributed by atoms with Crippen molar-refractivity contribution in [1.82, 2.24) is 0 Å². The second-order valence-electron chi connectivity index (χ2n) is 0.960. The molecule has 0 bridgehead atoms. The Balaban J connectivity index is -0.0000000315. The van der Waals surface area contributed by atoms with Crippen molar-refractivity contribution in [3.8, 4) is 0 Å². The zero-order valence-corrected chi connectivity index (χ0v) is 14.7. The van der Waals surface area contributed by atoms with E-state index < -0.39 is 18.0 Å². The van der Waals surface area contributed by atoms with Crippen LogP contribution in [0.1, 0.15) is 0 Å². The molecular formula is H3K2N2O10P. The van der Waals surface area contributed by atoms with Gasteiger partial charge in [0.25, 0.3) is 0 Å². The van der Waals surface area contributed by atoms with Gasteiger partial charge < -0.3 is 45.3 Å². The second kappa shape index (κ2) is 18.2. The molecule has 0 atom stereocenters. The first-order valence-electron chi connectivity index (χ1n) is 1.88. The third-order valence-electron chi connectivity index (χ3n) is 0. The van der Waals surface area contributed by atoms with Crippen molar-refractivity contribution < 1.29 is 132 Å². The molecule has 0 aliphatic rings. The van der Waals surface area contributed by atoms with Crippen LogP contribution in [0.3, 0.4) is 0 Å². The molecule has 15 heavy (non-hydrogen) atoms. The quantitative estimate of drug-likeness (QED) is 0.166. The van der Waals surface area contributed by atoms with Gasteiger partial charge in [-0.05, 0) is 0 Å². The van der Waals surface area contributed by atoms with E-state index in [1.807, 2.05) is 0 Å². The summed E-state index contributed by atoms with van der Waals surface area (Å²) >= 11 is 0. The summed E-state index contributed by atoms with van der Waals surface area (Å²) in [7, 11) is -4.64. The molecule has 3 N–H and O–H groups in total. The number of hydrogen-bond donors (Lipinski definition) is 3. The summed E-state index contributed by atoms with van der Waals surface area (Å²) < 4.78 is 8.88. The van der Waals surface area contributed by atoms with Crippen LogP contribution in [-0.4, -0.2) is 24.9 Å². The van der Waals surface area contributed by atoms with E-state index >= 15 is 0 Å². The summed E-state index contributed by atoms with van der Waals surface area (Å²) in [6.45, 7) is 0. The summed E-state index contributed by atoms with van der Waals surface area (Å²) in [4.78, 5) is 38.1. The van der Waals surface area contributed by atoms with E-state index in [-0.39, 0.29) is 103 Å². The molecule has 12 nitrogen and oxygen atoms in total. The molecule has 0 saturated heterocycles. The van der Waals surface area contributed by atoms with Crippen molar-refractivity contribution >= 4 is 7.82 Å². The van der Waals surface area contributed by atoms with Gasteiger partial charge in [-0.15, -0.1) is 0 Å². The van der Waals surface area contributed by atoms with Gasteiger partial charge in [0.1, 0.15) is 0 Å². The molecule has 0 amide bonds. The van der Waals surface area contributed by atoms with E-state index in [0.717, 1.165) is 0 Å². The van der Waals surface area contributed by atoms with E-state index in [4.69, 9.17) is 49.9 Å². The number of rotatable bonds is 0. The predicted octanol–water partition coefficient (Wildman–Crippen LogP) is -7.40. The Hall–Kier alpha value is 1.78. The van der Waals surface area contributed by atoms with E-state index in [9.17, 15) is 0 Å². The molecule has 0 aromatic rings. The number of nitrogens with zero attached hydrogens (tertiary/aromatic N) is 2. The molecule has 80 valence electrons. The van der Waals surface area contributed by atoms with Crippen LogP contribution in [0.2, 0.25) is 0 Å². The Morgan fingerprint density at radius 2 is 0.800 bits per heavy atom. The molecule has 0 fully saturated rings. The van der Waals surface area contributed by atoms with Gasteiger partial charge in [-0.1, -0.05) is 0 Å². The van der Waals surface area contributed by atoms with Crippen LogP contribution < -0.4 is 103 Å². The molecular weight excluding hydrogens is 297 g/mol. The zero-order valence-electron chi connectivity index (χ0n) is 7.54. The molecule has 0 heterocycles. The van der Waals surface area contributed by atoms with Crippen molar-refractivity contribution in [3.63, 3.8) is 0 Å². The minimum Gasteiger partial charge on any atom is -0.356 e. The van der Waals surface area contributed by atoms with Crippen molar-refractivity contribution in [2.45, 2.75) is 0 Å². The van der Waals surface area contributed by atoms with Crippen LogP contribution in [-0.2, 0) is 4.57 Å². The maximum Gasteiger partial charge on any atom is 1.00 e. The Morgan fingerprint density at radius 1 is 0.800 bits per heavy atom. The van der Waals surface area contributed by atoms with Gasteiger partial charge in [-0.2, -0.15) is 0 Å². The molecule has 0 spiro atoms. The van der Waals surface area contributed by atoms with Gasteiger partial charge in [-0.3, -0.25) is 0 Å². The Morgan fingerprint density at radius 3 is 0.800 bits per heavy atom. The largest absolute Gasteiger partial charge is 1.00 e. The third kappa shape index (κ3) is 943. The predicted molar refractivity (Wildman–Crippen MR) is 35.0 cm³/mol. The zero-order chi connectivity index (χ0) is 11.7. The molecule has 0 saturated carbocycles. The third-order valence-corrected chi connectivity index (χ3v) is 0. The molecule has 15 heteroatoms. The maximum absolute atomic E-state index is 8.88. The smallest absolute Gasteiger partial charge is 0.356 e. The van der Waals surface area contributed by atoms with Crippen LogP contribution in [0.25, 0.3) is 0 Å². The Bertz CT molecular complexity index is 169. The summed E-state index contributed by atoms with van der Waals surface area (Å²) in [5.74, 6) is 0. The minimum absolute atomic E-state index is 0. The molecule has 0 aromatic heterocycles. The van der Waals surface area contributed by atoms with Crippen LogP contribution in [0.5, 0.6) is 0 Å². The van der Waals surface area contributed by atoms with Crippen molar-refractivity contribution in [3.05, 3.63) is 30.6 Å². The fraction of sp³-hybridized carbons (Fsp3) is 0. The van der Waals surface area contributed by atoms with Crippen molar-refractivity contribution in [2.75, 3.05) is 0 Å². The van der Waals surface area contributed by atoms with E-state index in [1.54, 1.807) is 0 Å². The molecule has 0 radical (unpaired) electrons. The van der Waals surface area contributed by atoms with Crippen LogP contribution in [0.15, 0.2) is 0 Å². The van der Waals surface area contributed by atoms with E-state index in [1.165, 1.54) is 0 Å². The summed E-state index contributed by atoms with van der Waals surface area (Å²) in [5, 5.41) is 29.5. The SMILES string of the molecule is O=P(O)(O)O.O=[N+]([O-])[O-].O=[N+]([O-])[O-].[K+].[K+]. The second-order valence-corrected chi connectivity index (χ2v) is 1.99. The molecule has 0 aliphatic heterocycles. The summed E-state index contributed by atoms with van der Waals surface area (Å²) in [6.07, 6.45) is 0. The monoisotopic (exact) mass is 300 g/mol. The average molecular weight is 300 g/mol. The Kier molecular flexibility index (Phi) is 36.4. The van der Waals surface area contributed by atoms with Gasteiger partial charge in [0.2, 0.25) is 0 Å². The fourth-order valence-electron chi connectivity index (χ4n) is 0. The average Bonchev–Trinajstić information content (AvgIpc) is 1.50. The first kappa shape index (κ1) is 30.1. The normalized spacial score (nSPS) is 7.13. The standard InChI is InChI=1S/2K.2NO3.H3O4P/c;;2*2-1(3)4;1-5(2,3)4/h;;;;(H3,1,2,3,4)/q2*+1;2*-1;. The molecule has 0 unspecified atom stereocenters. The number of phosphoric acid groups is 1. The van der Waals surface area contributed by atoms with Gasteiger partial charge in [0, 0.05) is 0 Å². The molecule has 0 rings (SSSR count). The van der Waals surface area contributed by atoms with Gasteiger partial charge in [-0.25, -0.2) is 4.57 Å². The van der Waals surface area contributed by atoms with Gasteiger partial charge in [0.05, 0.1) is 10.2 Å². The van der Waals surface area contributed by atoms with Gasteiger partial charge >= 0.3 is 111 Å². The van der Waals surface area contributed by atoms with Gasteiger partial charge in [0.15, 0.2) is 0 Å². The topological polar surface area (TPSA) is 210 Å². The number of hydrogen-bond acceptors (Lipinski definition) is 7. The van der Waals surface area contributed by atoms with Crippen molar-refractivity contribution in [2.24, 2.45) is 0 Å².